The number of nitrogens with zero attached hydrogens (tertiary/aromatic N) is 3. The lowest BCUT2D eigenvalue weighted by Gasteiger charge is -2.30. The summed E-state index contributed by atoms with van der Waals surface area (Å²) < 4.78 is 46.3. The Morgan fingerprint density at radius 2 is 1.93 bits per heavy atom. The average molecular weight is 394 g/mol. The summed E-state index contributed by atoms with van der Waals surface area (Å²) in [5.74, 6) is 0.560. The fourth-order valence-electron chi connectivity index (χ4n) is 2.88. The highest BCUT2D eigenvalue weighted by Crippen LogP contribution is 2.24. The Morgan fingerprint density at radius 3 is 2.52 bits per heavy atom. The van der Waals surface area contributed by atoms with Crippen molar-refractivity contribution >= 4 is 21.7 Å². The topological polar surface area (TPSA) is 84.4 Å². The van der Waals surface area contributed by atoms with Crippen LogP contribution in [0.5, 0.6) is 5.75 Å². The van der Waals surface area contributed by atoms with Crippen LogP contribution in [0, 0.1) is 11.7 Å². The van der Waals surface area contributed by atoms with Crippen molar-refractivity contribution in [2.75, 3.05) is 29.3 Å². The first kappa shape index (κ1) is 19.3. The van der Waals surface area contributed by atoms with Gasteiger partial charge in [-0.05, 0) is 43.9 Å². The van der Waals surface area contributed by atoms with Crippen molar-refractivity contribution in [3.8, 4) is 5.75 Å². The van der Waals surface area contributed by atoms with Crippen molar-refractivity contribution in [1.82, 2.24) is 9.97 Å². The van der Waals surface area contributed by atoms with Gasteiger partial charge in [0.2, 0.25) is 5.95 Å². The van der Waals surface area contributed by atoms with E-state index in [-0.39, 0.29) is 16.3 Å². The molecule has 0 bridgehead atoms. The van der Waals surface area contributed by atoms with E-state index >= 15 is 0 Å². The van der Waals surface area contributed by atoms with Gasteiger partial charge in [0.25, 0.3) is 10.0 Å². The van der Waals surface area contributed by atoms with E-state index < -0.39 is 15.8 Å². The van der Waals surface area contributed by atoms with Crippen LogP contribution < -0.4 is 14.4 Å². The van der Waals surface area contributed by atoms with Crippen molar-refractivity contribution in [3.63, 3.8) is 0 Å². The lowest BCUT2D eigenvalue weighted by Crippen LogP contribution is -2.34. The largest absolute Gasteiger partial charge is 0.491 e. The van der Waals surface area contributed by atoms with E-state index in [2.05, 4.69) is 26.5 Å². The maximum atomic E-state index is 13.9. The Balaban J connectivity index is 1.71. The molecule has 1 aliphatic heterocycles. The lowest BCUT2D eigenvalue weighted by molar-refractivity contribution is 0.321. The minimum absolute atomic E-state index is 0.0139. The van der Waals surface area contributed by atoms with E-state index in [1.54, 1.807) is 6.92 Å². The molecule has 0 spiro atoms. The van der Waals surface area contributed by atoms with Gasteiger partial charge in [-0.25, -0.2) is 22.8 Å². The van der Waals surface area contributed by atoms with Crippen molar-refractivity contribution in [2.45, 2.75) is 31.6 Å². The monoisotopic (exact) mass is 394 g/mol. The third kappa shape index (κ3) is 4.65. The number of anilines is 2. The summed E-state index contributed by atoms with van der Waals surface area (Å²) in [6.45, 7) is 6.01. The first-order chi connectivity index (χ1) is 12.9. The van der Waals surface area contributed by atoms with Crippen LogP contribution in [-0.4, -0.2) is 38.1 Å². The molecule has 0 radical (unpaired) electrons. The maximum absolute atomic E-state index is 13.9. The first-order valence-electron chi connectivity index (χ1n) is 8.91. The molecular formula is C18H23FN4O3S. The zero-order valence-electron chi connectivity index (χ0n) is 15.4. The number of rotatable bonds is 6. The predicted octanol–water partition coefficient (Wildman–Crippen LogP) is 3.05. The van der Waals surface area contributed by atoms with Gasteiger partial charge in [-0.3, -0.25) is 4.72 Å². The van der Waals surface area contributed by atoms with Gasteiger partial charge in [-0.2, -0.15) is 0 Å². The molecule has 27 heavy (non-hydrogen) atoms. The number of piperidine rings is 1. The molecule has 1 aliphatic rings. The quantitative estimate of drug-likeness (QED) is 0.811. The van der Waals surface area contributed by atoms with E-state index in [9.17, 15) is 12.8 Å². The Hall–Kier alpha value is -2.42. The van der Waals surface area contributed by atoms with Gasteiger partial charge < -0.3 is 9.64 Å². The number of aromatic nitrogens is 2. The lowest BCUT2D eigenvalue weighted by atomic mass is 10.00. The molecule has 2 aromatic rings. The number of benzene rings is 1. The molecule has 1 fully saturated rings. The van der Waals surface area contributed by atoms with E-state index in [1.165, 1.54) is 24.5 Å². The summed E-state index contributed by atoms with van der Waals surface area (Å²) in [6.07, 6.45) is 5.01. The summed E-state index contributed by atoms with van der Waals surface area (Å²) >= 11 is 0. The Kier molecular flexibility index (Phi) is 5.79. The van der Waals surface area contributed by atoms with Crippen LogP contribution in [0.25, 0.3) is 0 Å². The molecule has 0 unspecified atom stereocenters. The smallest absolute Gasteiger partial charge is 0.262 e. The van der Waals surface area contributed by atoms with Crippen LogP contribution in [0.15, 0.2) is 35.5 Å². The van der Waals surface area contributed by atoms with E-state index in [0.717, 1.165) is 32.0 Å². The molecule has 0 atom stereocenters. The van der Waals surface area contributed by atoms with Crippen molar-refractivity contribution in [2.24, 2.45) is 5.92 Å². The van der Waals surface area contributed by atoms with Gasteiger partial charge in [0, 0.05) is 13.1 Å². The highest BCUT2D eigenvalue weighted by atomic mass is 32.2. The number of halogens is 1. The molecule has 0 saturated carbocycles. The second-order valence-electron chi connectivity index (χ2n) is 6.57. The van der Waals surface area contributed by atoms with Crippen molar-refractivity contribution in [3.05, 3.63) is 36.4 Å². The Bertz CT molecular complexity index is 882. The van der Waals surface area contributed by atoms with E-state index in [1.807, 2.05) is 0 Å². The molecule has 1 saturated heterocycles. The standard InChI is InChI=1S/C18H23FN4O3S/c1-3-26-17-5-4-15(10-16(17)19)27(24,25)22-14-11-20-18(21-12-14)23-8-6-13(2)7-9-23/h4-5,10-13,22H,3,6-9H2,1-2H3. The average Bonchev–Trinajstić information content (AvgIpc) is 2.64. The fraction of sp³-hybridized carbons (Fsp3) is 0.444. The zero-order chi connectivity index (χ0) is 19.4. The summed E-state index contributed by atoms with van der Waals surface area (Å²) in [4.78, 5) is 10.4. The minimum atomic E-state index is -3.95. The van der Waals surface area contributed by atoms with Crippen LogP contribution in [-0.2, 0) is 10.0 Å². The highest BCUT2D eigenvalue weighted by molar-refractivity contribution is 7.92. The van der Waals surface area contributed by atoms with Crippen LogP contribution in [0.4, 0.5) is 16.0 Å². The number of hydrogen-bond acceptors (Lipinski definition) is 6. The van der Waals surface area contributed by atoms with E-state index in [4.69, 9.17) is 4.74 Å². The molecule has 9 heteroatoms. The Labute approximate surface area is 158 Å². The molecule has 0 amide bonds. The summed E-state index contributed by atoms with van der Waals surface area (Å²) in [5.41, 5.74) is 0.221. The molecular weight excluding hydrogens is 371 g/mol. The van der Waals surface area contributed by atoms with Gasteiger partial charge in [0.1, 0.15) is 0 Å². The molecule has 3 rings (SSSR count). The predicted molar refractivity (Wildman–Crippen MR) is 101 cm³/mol. The maximum Gasteiger partial charge on any atom is 0.262 e. The van der Waals surface area contributed by atoms with Crippen LogP contribution >= 0.6 is 0 Å². The van der Waals surface area contributed by atoms with Gasteiger partial charge in [0.15, 0.2) is 11.6 Å². The van der Waals surface area contributed by atoms with Gasteiger partial charge in [0.05, 0.1) is 29.6 Å². The van der Waals surface area contributed by atoms with Crippen LogP contribution in [0.1, 0.15) is 26.7 Å². The van der Waals surface area contributed by atoms with Gasteiger partial charge in [-0.15, -0.1) is 0 Å². The van der Waals surface area contributed by atoms with Gasteiger partial charge in [-0.1, -0.05) is 6.92 Å². The first-order valence-corrected chi connectivity index (χ1v) is 10.4. The summed E-state index contributed by atoms with van der Waals surface area (Å²) in [5, 5.41) is 0. The third-order valence-corrected chi connectivity index (χ3v) is 5.85. The van der Waals surface area contributed by atoms with Crippen molar-refractivity contribution in [1.29, 1.82) is 0 Å². The highest BCUT2D eigenvalue weighted by Gasteiger charge is 2.20. The molecule has 1 N–H and O–H groups in total. The van der Waals surface area contributed by atoms with Crippen LogP contribution in [0.2, 0.25) is 0 Å². The second-order valence-corrected chi connectivity index (χ2v) is 8.25. The number of nitrogens with one attached hydrogen (secondary N) is 1. The molecule has 1 aromatic carbocycles. The third-order valence-electron chi connectivity index (χ3n) is 4.47. The van der Waals surface area contributed by atoms with Gasteiger partial charge >= 0.3 is 0 Å². The van der Waals surface area contributed by atoms with Crippen LogP contribution in [0.3, 0.4) is 0 Å². The molecule has 2 heterocycles. The number of ether oxygens (including phenoxy) is 1. The summed E-state index contributed by atoms with van der Waals surface area (Å²) in [7, 11) is -3.95. The molecule has 7 nitrogen and oxygen atoms in total. The van der Waals surface area contributed by atoms with Crippen molar-refractivity contribution < 1.29 is 17.5 Å². The fourth-order valence-corrected chi connectivity index (χ4v) is 3.92. The SMILES string of the molecule is CCOc1ccc(S(=O)(=O)Nc2cnc(N3CCC(C)CC3)nc2)cc1F. The zero-order valence-corrected chi connectivity index (χ0v) is 16.2. The number of sulfonamides is 1. The molecule has 1 aromatic heterocycles. The second kappa shape index (κ2) is 8.08. The number of hydrogen-bond donors (Lipinski definition) is 1. The van der Waals surface area contributed by atoms with E-state index in [0.29, 0.717) is 18.5 Å². The molecule has 146 valence electrons. The Morgan fingerprint density at radius 1 is 1.26 bits per heavy atom. The summed E-state index contributed by atoms with van der Waals surface area (Å²) in [6, 6.07) is 3.52. The molecule has 0 aliphatic carbocycles. The minimum Gasteiger partial charge on any atom is -0.491 e. The normalized spacial score (nSPS) is 15.6.